The summed E-state index contributed by atoms with van der Waals surface area (Å²) in [6, 6.07) is 9.48. The number of phenols is 1. The number of piperidine rings is 1. The van der Waals surface area contributed by atoms with Gasteiger partial charge in [-0.1, -0.05) is 6.92 Å². The molecule has 1 aliphatic heterocycles. The molecule has 0 bridgehead atoms. The van der Waals surface area contributed by atoms with Gasteiger partial charge in [0.05, 0.1) is 23.1 Å². The molecule has 1 saturated heterocycles. The maximum Gasteiger partial charge on any atom is 0.338 e. The molecule has 1 unspecified atom stereocenters. The predicted octanol–water partition coefficient (Wildman–Crippen LogP) is 5.01. The van der Waals surface area contributed by atoms with Gasteiger partial charge in [0, 0.05) is 13.1 Å². The average molecular weight is 452 g/mol. The number of nitrogens with zero attached hydrogens (tertiary/aromatic N) is 1. The fraction of sp³-hybridized carbons (Fsp3) is 0.385. The van der Waals surface area contributed by atoms with Gasteiger partial charge in [-0.05, 0) is 75.5 Å². The number of ether oxygens (including phenoxy) is 2. The predicted molar refractivity (Wildman–Crippen MR) is 125 cm³/mol. The SMILES string of the molecule is CCOC(=O)c1ccc(Oc2c(C)oc3c(CN4CCCC(C)C4)c(O)ccc3c2=O)cc1. The number of carbonyl (C=O) groups is 1. The lowest BCUT2D eigenvalue weighted by molar-refractivity contribution is 0.0526. The molecule has 0 saturated carbocycles. The Morgan fingerprint density at radius 3 is 2.67 bits per heavy atom. The first kappa shape index (κ1) is 22.9. The summed E-state index contributed by atoms with van der Waals surface area (Å²) in [5, 5.41) is 10.9. The van der Waals surface area contributed by atoms with Crippen LogP contribution in [0.3, 0.4) is 0 Å². The fourth-order valence-corrected chi connectivity index (χ4v) is 4.31. The molecule has 2 heterocycles. The third-order valence-corrected chi connectivity index (χ3v) is 5.97. The summed E-state index contributed by atoms with van der Waals surface area (Å²) in [6.45, 7) is 8.35. The molecule has 0 spiro atoms. The normalized spacial score (nSPS) is 16.6. The van der Waals surface area contributed by atoms with Gasteiger partial charge in [-0.2, -0.15) is 0 Å². The van der Waals surface area contributed by atoms with Crippen molar-refractivity contribution in [3.8, 4) is 17.2 Å². The van der Waals surface area contributed by atoms with E-state index in [1.807, 2.05) is 0 Å². The van der Waals surface area contributed by atoms with Crippen molar-refractivity contribution in [2.45, 2.75) is 40.2 Å². The van der Waals surface area contributed by atoms with E-state index in [1.54, 1.807) is 44.2 Å². The molecule has 2 aromatic carbocycles. The smallest absolute Gasteiger partial charge is 0.338 e. The van der Waals surface area contributed by atoms with Crippen LogP contribution in [0.2, 0.25) is 0 Å². The molecule has 1 atom stereocenters. The van der Waals surface area contributed by atoms with E-state index in [-0.39, 0.29) is 16.9 Å². The van der Waals surface area contributed by atoms with Crippen molar-refractivity contribution in [1.29, 1.82) is 0 Å². The zero-order valence-electron chi connectivity index (χ0n) is 19.2. The summed E-state index contributed by atoms with van der Waals surface area (Å²) in [7, 11) is 0. The van der Waals surface area contributed by atoms with Crippen LogP contribution in [-0.4, -0.2) is 35.7 Å². The summed E-state index contributed by atoms with van der Waals surface area (Å²) in [6.07, 6.45) is 2.32. The van der Waals surface area contributed by atoms with Gasteiger partial charge < -0.3 is 19.0 Å². The minimum atomic E-state index is -0.416. The molecule has 1 fully saturated rings. The summed E-state index contributed by atoms with van der Waals surface area (Å²) in [5.74, 6) is 1.10. The fourth-order valence-electron chi connectivity index (χ4n) is 4.31. The molecule has 33 heavy (non-hydrogen) atoms. The molecule has 1 aliphatic rings. The maximum absolute atomic E-state index is 13.3. The topological polar surface area (TPSA) is 89.2 Å². The third-order valence-electron chi connectivity index (χ3n) is 5.97. The number of rotatable bonds is 6. The summed E-state index contributed by atoms with van der Waals surface area (Å²) >= 11 is 0. The van der Waals surface area contributed by atoms with Gasteiger partial charge in [-0.3, -0.25) is 9.69 Å². The van der Waals surface area contributed by atoms with Crippen LogP contribution in [0.1, 0.15) is 48.4 Å². The highest BCUT2D eigenvalue weighted by atomic mass is 16.5. The second-order valence-electron chi connectivity index (χ2n) is 8.59. The zero-order chi connectivity index (χ0) is 23.5. The Labute approximate surface area is 192 Å². The molecule has 1 N–H and O–H groups in total. The molecule has 0 radical (unpaired) electrons. The molecule has 3 aromatic rings. The largest absolute Gasteiger partial charge is 0.507 e. The van der Waals surface area contributed by atoms with Gasteiger partial charge in [-0.15, -0.1) is 0 Å². The highest BCUT2D eigenvalue weighted by molar-refractivity contribution is 5.89. The Hall–Kier alpha value is -3.32. The number of phenolic OH excluding ortho intramolecular Hbond substituents is 1. The monoisotopic (exact) mass is 451 g/mol. The van der Waals surface area contributed by atoms with Gasteiger partial charge in [0.2, 0.25) is 11.2 Å². The first-order valence-electron chi connectivity index (χ1n) is 11.3. The lowest BCUT2D eigenvalue weighted by Gasteiger charge is -2.31. The van der Waals surface area contributed by atoms with Gasteiger partial charge in [0.1, 0.15) is 22.8 Å². The van der Waals surface area contributed by atoms with Crippen LogP contribution in [-0.2, 0) is 11.3 Å². The molecule has 0 aliphatic carbocycles. The Morgan fingerprint density at radius 2 is 1.97 bits per heavy atom. The maximum atomic E-state index is 13.3. The highest BCUT2D eigenvalue weighted by Crippen LogP contribution is 2.32. The van der Waals surface area contributed by atoms with Gasteiger partial charge >= 0.3 is 5.97 Å². The van der Waals surface area contributed by atoms with Crippen molar-refractivity contribution in [2.24, 2.45) is 5.92 Å². The number of aryl methyl sites for hydroxylation is 1. The first-order chi connectivity index (χ1) is 15.9. The Kier molecular flexibility index (Phi) is 6.70. The van der Waals surface area contributed by atoms with Gasteiger partial charge in [-0.25, -0.2) is 4.79 Å². The zero-order valence-corrected chi connectivity index (χ0v) is 19.2. The summed E-state index contributed by atoms with van der Waals surface area (Å²) in [5.41, 5.74) is 1.10. The molecular formula is C26H29NO6. The van der Waals surface area contributed by atoms with Gasteiger partial charge in [0.15, 0.2) is 0 Å². The highest BCUT2D eigenvalue weighted by Gasteiger charge is 2.22. The Morgan fingerprint density at radius 1 is 1.21 bits per heavy atom. The van der Waals surface area contributed by atoms with Crippen molar-refractivity contribution >= 4 is 16.9 Å². The van der Waals surface area contributed by atoms with Crippen LogP contribution in [0.15, 0.2) is 45.6 Å². The minimum Gasteiger partial charge on any atom is -0.507 e. The number of fused-ring (bicyclic) bond motifs is 1. The number of esters is 1. The number of benzene rings is 2. The lowest BCUT2D eigenvalue weighted by atomic mass is 9.99. The standard InChI is InChI=1S/C26H29NO6/c1-4-31-26(30)18-7-9-19(10-8-18)33-24-17(3)32-25-20(23(24)29)11-12-22(28)21(25)15-27-13-5-6-16(2)14-27/h7-12,16,28H,4-6,13-15H2,1-3H3. The molecular weight excluding hydrogens is 422 g/mol. The van der Waals surface area contributed by atoms with E-state index >= 15 is 0 Å². The van der Waals surface area contributed by atoms with E-state index in [0.29, 0.717) is 52.7 Å². The molecule has 7 nitrogen and oxygen atoms in total. The Balaban J connectivity index is 1.65. The number of hydrogen-bond acceptors (Lipinski definition) is 7. The van der Waals surface area contributed by atoms with Crippen molar-refractivity contribution in [3.63, 3.8) is 0 Å². The molecule has 0 amide bonds. The van der Waals surface area contributed by atoms with E-state index in [4.69, 9.17) is 13.9 Å². The molecule has 4 rings (SSSR count). The average Bonchev–Trinajstić information content (AvgIpc) is 2.79. The van der Waals surface area contributed by atoms with Crippen LogP contribution >= 0.6 is 0 Å². The van der Waals surface area contributed by atoms with E-state index in [1.165, 1.54) is 12.5 Å². The van der Waals surface area contributed by atoms with Crippen LogP contribution in [0, 0.1) is 12.8 Å². The third kappa shape index (κ3) is 4.88. The second-order valence-corrected chi connectivity index (χ2v) is 8.59. The van der Waals surface area contributed by atoms with Crippen molar-refractivity contribution in [2.75, 3.05) is 19.7 Å². The number of aromatic hydroxyl groups is 1. The van der Waals surface area contributed by atoms with Gasteiger partial charge in [0.25, 0.3) is 0 Å². The van der Waals surface area contributed by atoms with E-state index in [2.05, 4.69) is 11.8 Å². The number of likely N-dealkylation sites (tertiary alicyclic amines) is 1. The van der Waals surface area contributed by atoms with Crippen molar-refractivity contribution < 1.29 is 23.8 Å². The van der Waals surface area contributed by atoms with Crippen LogP contribution in [0.5, 0.6) is 17.2 Å². The van der Waals surface area contributed by atoms with Crippen LogP contribution in [0.4, 0.5) is 0 Å². The number of hydrogen-bond donors (Lipinski definition) is 1. The van der Waals surface area contributed by atoms with E-state index in [0.717, 1.165) is 19.5 Å². The van der Waals surface area contributed by atoms with E-state index in [9.17, 15) is 14.7 Å². The van der Waals surface area contributed by atoms with Crippen molar-refractivity contribution in [3.05, 3.63) is 63.5 Å². The van der Waals surface area contributed by atoms with Crippen LogP contribution < -0.4 is 10.2 Å². The lowest BCUT2D eigenvalue weighted by Crippen LogP contribution is -2.33. The van der Waals surface area contributed by atoms with E-state index < -0.39 is 5.97 Å². The molecule has 7 heteroatoms. The summed E-state index contributed by atoms with van der Waals surface area (Å²) in [4.78, 5) is 27.4. The minimum absolute atomic E-state index is 0.0784. The number of carbonyl (C=O) groups excluding carboxylic acids is 1. The molecule has 174 valence electrons. The summed E-state index contributed by atoms with van der Waals surface area (Å²) < 4.78 is 16.9. The molecule has 1 aromatic heterocycles. The van der Waals surface area contributed by atoms with Crippen LogP contribution in [0.25, 0.3) is 11.0 Å². The quantitative estimate of drug-likeness (QED) is 0.527. The second kappa shape index (κ2) is 9.67. The van der Waals surface area contributed by atoms with Crippen molar-refractivity contribution in [1.82, 2.24) is 4.90 Å². The first-order valence-corrected chi connectivity index (χ1v) is 11.3. The Bertz CT molecular complexity index is 1210.